The molecule has 0 radical (unpaired) electrons. The van der Waals surface area contributed by atoms with Gasteiger partial charge in [-0.15, -0.1) is 0 Å². The van der Waals surface area contributed by atoms with Crippen molar-refractivity contribution in [2.24, 2.45) is 0 Å². The fourth-order valence-electron chi connectivity index (χ4n) is 2.88. The molecule has 0 atom stereocenters. The van der Waals surface area contributed by atoms with E-state index < -0.39 is 0 Å². The summed E-state index contributed by atoms with van der Waals surface area (Å²) in [7, 11) is 0. The van der Waals surface area contributed by atoms with Crippen LogP contribution in [0.15, 0.2) is 59.0 Å². The predicted molar refractivity (Wildman–Crippen MR) is 82.7 cm³/mol. The lowest BCUT2D eigenvalue weighted by Crippen LogP contribution is -2.09. The van der Waals surface area contributed by atoms with Crippen molar-refractivity contribution in [3.05, 3.63) is 71.5 Å². The first-order valence-electron chi connectivity index (χ1n) is 7.44. The Kier molecular flexibility index (Phi) is 2.88. The van der Waals surface area contributed by atoms with Crippen LogP contribution in [0.25, 0.3) is 11.0 Å². The highest BCUT2D eigenvalue weighted by molar-refractivity contribution is 6.09. The monoisotopic (exact) mass is 276 g/mol. The Morgan fingerprint density at radius 2 is 1.76 bits per heavy atom. The van der Waals surface area contributed by atoms with Crippen LogP contribution in [-0.2, 0) is 0 Å². The van der Waals surface area contributed by atoms with Crippen LogP contribution in [0.1, 0.15) is 46.9 Å². The van der Waals surface area contributed by atoms with E-state index in [0.717, 1.165) is 11.0 Å². The molecule has 0 unspecified atom stereocenters. The number of hydrogen-bond donors (Lipinski definition) is 0. The lowest BCUT2D eigenvalue weighted by Gasteiger charge is -2.25. The van der Waals surface area contributed by atoms with Crippen LogP contribution in [-0.4, -0.2) is 5.78 Å². The number of rotatable bonds is 3. The van der Waals surface area contributed by atoms with Gasteiger partial charge in [0.15, 0.2) is 5.76 Å². The molecule has 1 heterocycles. The van der Waals surface area contributed by atoms with Crippen LogP contribution in [0.4, 0.5) is 0 Å². The molecule has 0 spiro atoms. The molecule has 0 aliphatic heterocycles. The minimum atomic E-state index is -0.0497. The summed E-state index contributed by atoms with van der Waals surface area (Å²) in [5, 5.41) is 0.965. The smallest absolute Gasteiger partial charge is 0.228 e. The number of carbonyl (C=O) groups excluding carboxylic acids is 1. The summed E-state index contributed by atoms with van der Waals surface area (Å²) in [6, 6.07) is 17.5. The van der Waals surface area contributed by atoms with Gasteiger partial charge in [0.2, 0.25) is 5.78 Å². The lowest BCUT2D eigenvalue weighted by atomic mass is 9.80. The van der Waals surface area contributed by atoms with Gasteiger partial charge in [0, 0.05) is 10.9 Å². The maximum atomic E-state index is 12.5. The Hall–Kier alpha value is -2.35. The van der Waals surface area contributed by atoms with Crippen molar-refractivity contribution in [3.8, 4) is 0 Å². The van der Waals surface area contributed by atoms with Gasteiger partial charge in [0.1, 0.15) is 5.58 Å². The molecule has 2 heteroatoms. The largest absolute Gasteiger partial charge is 0.453 e. The number of hydrogen-bond acceptors (Lipinski definition) is 2. The molecule has 4 rings (SSSR count). The molecular weight excluding hydrogens is 260 g/mol. The Balaban J connectivity index is 1.64. The summed E-state index contributed by atoms with van der Waals surface area (Å²) in [5.74, 6) is 1.05. The van der Waals surface area contributed by atoms with Crippen molar-refractivity contribution >= 4 is 16.8 Å². The Morgan fingerprint density at radius 1 is 1.00 bits per heavy atom. The van der Waals surface area contributed by atoms with Gasteiger partial charge >= 0.3 is 0 Å². The van der Waals surface area contributed by atoms with E-state index in [1.165, 1.54) is 24.8 Å². The zero-order valence-corrected chi connectivity index (χ0v) is 11.7. The third-order valence-electron chi connectivity index (χ3n) is 4.40. The first kappa shape index (κ1) is 12.4. The highest BCUT2D eigenvalue weighted by Gasteiger charge is 2.20. The molecule has 1 fully saturated rings. The average molecular weight is 276 g/mol. The number of fused-ring (bicyclic) bond motifs is 1. The highest BCUT2D eigenvalue weighted by Crippen LogP contribution is 2.36. The summed E-state index contributed by atoms with van der Waals surface area (Å²) in [4.78, 5) is 12.5. The van der Waals surface area contributed by atoms with Crippen molar-refractivity contribution in [2.75, 3.05) is 0 Å². The molecule has 2 nitrogen and oxygen atoms in total. The molecule has 0 saturated heterocycles. The van der Waals surface area contributed by atoms with Crippen molar-refractivity contribution in [2.45, 2.75) is 25.2 Å². The number of benzene rings is 2. The maximum Gasteiger partial charge on any atom is 0.228 e. The van der Waals surface area contributed by atoms with Gasteiger partial charge in [-0.3, -0.25) is 4.79 Å². The van der Waals surface area contributed by atoms with E-state index in [-0.39, 0.29) is 5.78 Å². The van der Waals surface area contributed by atoms with Crippen LogP contribution in [0.3, 0.4) is 0 Å². The number of para-hydroxylation sites is 1. The molecule has 0 bridgehead atoms. The van der Waals surface area contributed by atoms with Crippen LogP contribution >= 0.6 is 0 Å². The average Bonchev–Trinajstić information content (AvgIpc) is 2.89. The Morgan fingerprint density at radius 3 is 2.43 bits per heavy atom. The van der Waals surface area contributed by atoms with Gasteiger partial charge in [-0.05, 0) is 36.5 Å². The number of carbonyl (C=O) groups is 1. The summed E-state index contributed by atoms with van der Waals surface area (Å²) in [6.07, 6.45) is 3.87. The minimum absolute atomic E-state index is 0.0497. The molecule has 3 aromatic rings. The van der Waals surface area contributed by atoms with Crippen molar-refractivity contribution in [3.63, 3.8) is 0 Å². The molecule has 0 amide bonds. The standard InChI is InChI=1S/C19H16O2/c20-19(18-12-16-4-1-2-7-17(16)21-18)15-10-8-14(9-11-15)13-5-3-6-13/h1-2,4,7-13H,3,5-6H2. The van der Waals surface area contributed by atoms with Crippen LogP contribution < -0.4 is 0 Å². The predicted octanol–water partition coefficient (Wildman–Crippen LogP) is 4.93. The van der Waals surface area contributed by atoms with Gasteiger partial charge in [-0.2, -0.15) is 0 Å². The molecule has 1 aliphatic carbocycles. The van der Waals surface area contributed by atoms with E-state index in [9.17, 15) is 4.79 Å². The molecule has 1 aromatic heterocycles. The first-order chi connectivity index (χ1) is 10.3. The fraction of sp³-hybridized carbons (Fsp3) is 0.211. The molecule has 0 N–H and O–H groups in total. The van der Waals surface area contributed by atoms with E-state index in [1.807, 2.05) is 42.5 Å². The van der Waals surface area contributed by atoms with E-state index >= 15 is 0 Å². The number of ketones is 1. The van der Waals surface area contributed by atoms with Gasteiger partial charge in [-0.25, -0.2) is 0 Å². The van der Waals surface area contributed by atoms with Gasteiger partial charge in [-0.1, -0.05) is 48.9 Å². The first-order valence-corrected chi connectivity index (χ1v) is 7.44. The second-order valence-corrected chi connectivity index (χ2v) is 5.73. The molecule has 2 aromatic carbocycles. The van der Waals surface area contributed by atoms with E-state index in [2.05, 4.69) is 12.1 Å². The van der Waals surface area contributed by atoms with Crippen LogP contribution in [0, 0.1) is 0 Å². The van der Waals surface area contributed by atoms with Crippen molar-refractivity contribution in [1.29, 1.82) is 0 Å². The van der Waals surface area contributed by atoms with E-state index in [0.29, 0.717) is 17.2 Å². The quantitative estimate of drug-likeness (QED) is 0.635. The van der Waals surface area contributed by atoms with Gasteiger partial charge < -0.3 is 4.42 Å². The summed E-state index contributed by atoms with van der Waals surface area (Å²) < 4.78 is 5.64. The van der Waals surface area contributed by atoms with Gasteiger partial charge in [0.05, 0.1) is 0 Å². The van der Waals surface area contributed by atoms with E-state index in [4.69, 9.17) is 4.42 Å². The molecule has 21 heavy (non-hydrogen) atoms. The fourth-order valence-corrected chi connectivity index (χ4v) is 2.88. The van der Waals surface area contributed by atoms with Crippen molar-refractivity contribution in [1.82, 2.24) is 0 Å². The second-order valence-electron chi connectivity index (χ2n) is 5.73. The second kappa shape index (κ2) is 4.88. The maximum absolute atomic E-state index is 12.5. The topological polar surface area (TPSA) is 30.2 Å². The van der Waals surface area contributed by atoms with Crippen LogP contribution in [0.2, 0.25) is 0 Å². The summed E-state index contributed by atoms with van der Waals surface area (Å²) >= 11 is 0. The molecular formula is C19H16O2. The van der Waals surface area contributed by atoms with Gasteiger partial charge in [0.25, 0.3) is 0 Å². The van der Waals surface area contributed by atoms with E-state index in [1.54, 1.807) is 0 Å². The zero-order chi connectivity index (χ0) is 14.2. The third-order valence-corrected chi connectivity index (χ3v) is 4.40. The molecule has 104 valence electrons. The summed E-state index contributed by atoms with van der Waals surface area (Å²) in [6.45, 7) is 0. The minimum Gasteiger partial charge on any atom is -0.453 e. The Bertz CT molecular complexity index is 759. The third kappa shape index (κ3) is 2.17. The lowest BCUT2D eigenvalue weighted by molar-refractivity contribution is 0.101. The highest BCUT2D eigenvalue weighted by atomic mass is 16.3. The van der Waals surface area contributed by atoms with Crippen LogP contribution in [0.5, 0.6) is 0 Å². The molecule has 1 saturated carbocycles. The normalized spacial score (nSPS) is 15.0. The molecule has 1 aliphatic rings. The zero-order valence-electron chi connectivity index (χ0n) is 11.7. The Labute approximate surface area is 123 Å². The van der Waals surface area contributed by atoms with Crippen molar-refractivity contribution < 1.29 is 9.21 Å². The SMILES string of the molecule is O=C(c1ccc(C2CCC2)cc1)c1cc2ccccc2o1. The summed E-state index contributed by atoms with van der Waals surface area (Å²) in [5.41, 5.74) is 2.80. The number of furan rings is 1.